The Bertz CT molecular complexity index is 760. The van der Waals surface area contributed by atoms with Crippen LogP contribution in [0.3, 0.4) is 0 Å². The molecule has 0 spiro atoms. The van der Waals surface area contributed by atoms with Gasteiger partial charge in [0, 0.05) is 38.8 Å². The number of anilines is 2. The van der Waals surface area contributed by atoms with E-state index < -0.39 is 9.84 Å². The number of fused-ring (bicyclic) bond motifs is 1. The normalized spacial score (nSPS) is 15.4. The maximum absolute atomic E-state index is 11.9. The van der Waals surface area contributed by atoms with Crippen LogP contribution in [0.15, 0.2) is 17.3 Å². The minimum Gasteiger partial charge on any atom is -0.383 e. The van der Waals surface area contributed by atoms with Gasteiger partial charge in [-0.15, -0.1) is 0 Å². The molecule has 2 aromatic heterocycles. The summed E-state index contributed by atoms with van der Waals surface area (Å²) in [4.78, 5) is 6.25. The van der Waals surface area contributed by atoms with Crippen LogP contribution in [0.1, 0.15) is 5.82 Å². The molecule has 0 aromatic carbocycles. The number of hydrogen-bond acceptors (Lipinski definition) is 6. The first-order valence-electron chi connectivity index (χ1n) is 6.15. The van der Waals surface area contributed by atoms with E-state index in [1.807, 2.05) is 15.7 Å². The SMILES string of the molecule is Cn1nc(N2CCn3ccnc3C2)c(S(C)(=O)=O)c1N. The fraction of sp³-hybridized carbons (Fsp3) is 0.455. The molecule has 108 valence electrons. The Balaban J connectivity index is 2.06. The lowest BCUT2D eigenvalue weighted by Gasteiger charge is -2.28. The summed E-state index contributed by atoms with van der Waals surface area (Å²) in [6, 6.07) is 0. The zero-order chi connectivity index (χ0) is 14.5. The van der Waals surface area contributed by atoms with Gasteiger partial charge >= 0.3 is 0 Å². The quantitative estimate of drug-likeness (QED) is 0.811. The smallest absolute Gasteiger partial charge is 0.182 e. The van der Waals surface area contributed by atoms with Crippen molar-refractivity contribution in [1.82, 2.24) is 19.3 Å². The summed E-state index contributed by atoms with van der Waals surface area (Å²) >= 11 is 0. The van der Waals surface area contributed by atoms with E-state index >= 15 is 0 Å². The van der Waals surface area contributed by atoms with E-state index in [1.54, 1.807) is 13.2 Å². The van der Waals surface area contributed by atoms with Crippen molar-refractivity contribution < 1.29 is 8.42 Å². The van der Waals surface area contributed by atoms with Crippen LogP contribution in [0, 0.1) is 0 Å². The highest BCUT2D eigenvalue weighted by atomic mass is 32.2. The van der Waals surface area contributed by atoms with Gasteiger partial charge in [0.1, 0.15) is 11.6 Å². The molecule has 0 saturated heterocycles. The molecule has 0 atom stereocenters. The van der Waals surface area contributed by atoms with Crippen molar-refractivity contribution in [2.24, 2.45) is 7.05 Å². The third-order valence-electron chi connectivity index (χ3n) is 3.44. The summed E-state index contributed by atoms with van der Waals surface area (Å²) < 4.78 is 27.3. The van der Waals surface area contributed by atoms with Gasteiger partial charge in [0.25, 0.3) is 0 Å². The second kappa shape index (κ2) is 4.23. The molecule has 0 unspecified atom stereocenters. The number of rotatable bonds is 2. The van der Waals surface area contributed by atoms with Gasteiger partial charge in [0.2, 0.25) is 0 Å². The first kappa shape index (κ1) is 13.0. The molecule has 3 rings (SSSR count). The topological polar surface area (TPSA) is 99.0 Å². The lowest BCUT2D eigenvalue weighted by atomic mass is 10.3. The summed E-state index contributed by atoms with van der Waals surface area (Å²) in [5.74, 6) is 1.46. The van der Waals surface area contributed by atoms with E-state index in [0.717, 1.165) is 18.6 Å². The molecule has 9 heteroatoms. The molecular formula is C11H16N6O2S. The number of nitrogen functional groups attached to an aromatic ring is 1. The predicted octanol–water partition coefficient (Wildman–Crippen LogP) is -0.377. The maximum Gasteiger partial charge on any atom is 0.182 e. The lowest BCUT2D eigenvalue weighted by molar-refractivity contribution is 0.550. The number of aryl methyl sites for hydroxylation is 1. The van der Waals surface area contributed by atoms with Crippen molar-refractivity contribution in [2.45, 2.75) is 18.0 Å². The fourth-order valence-electron chi connectivity index (χ4n) is 2.42. The highest BCUT2D eigenvalue weighted by Crippen LogP contribution is 2.31. The van der Waals surface area contributed by atoms with Gasteiger partial charge in [0.05, 0.1) is 6.54 Å². The van der Waals surface area contributed by atoms with Crippen LogP contribution in [0.4, 0.5) is 11.6 Å². The van der Waals surface area contributed by atoms with Crippen LogP contribution in [-0.4, -0.2) is 40.5 Å². The van der Waals surface area contributed by atoms with E-state index in [2.05, 4.69) is 10.1 Å². The number of aromatic nitrogens is 4. The molecule has 0 aliphatic carbocycles. The van der Waals surface area contributed by atoms with Crippen LogP contribution >= 0.6 is 0 Å². The Labute approximate surface area is 116 Å². The first-order chi connectivity index (χ1) is 9.38. The molecule has 0 saturated carbocycles. The minimum absolute atomic E-state index is 0.0972. The van der Waals surface area contributed by atoms with Crippen molar-refractivity contribution in [3.63, 3.8) is 0 Å². The second-order valence-electron chi connectivity index (χ2n) is 4.89. The zero-order valence-electron chi connectivity index (χ0n) is 11.3. The number of imidazole rings is 1. The van der Waals surface area contributed by atoms with Gasteiger partial charge in [-0.2, -0.15) is 5.10 Å². The van der Waals surface area contributed by atoms with Gasteiger partial charge in [-0.3, -0.25) is 0 Å². The molecule has 2 aromatic rings. The molecule has 0 fully saturated rings. The number of nitrogens with zero attached hydrogens (tertiary/aromatic N) is 5. The van der Waals surface area contributed by atoms with Crippen LogP contribution < -0.4 is 10.6 Å². The number of nitrogens with two attached hydrogens (primary N) is 1. The minimum atomic E-state index is -3.43. The molecule has 3 heterocycles. The third kappa shape index (κ3) is 1.94. The van der Waals surface area contributed by atoms with Gasteiger partial charge in [-0.25, -0.2) is 18.1 Å². The summed E-state index contributed by atoms with van der Waals surface area (Å²) in [6.07, 6.45) is 4.80. The predicted molar refractivity (Wildman–Crippen MR) is 74.0 cm³/mol. The number of sulfone groups is 1. The van der Waals surface area contributed by atoms with Crippen LogP contribution in [-0.2, 0) is 30.0 Å². The summed E-state index contributed by atoms with van der Waals surface area (Å²) in [6.45, 7) is 1.93. The fourth-order valence-corrected chi connectivity index (χ4v) is 3.43. The highest BCUT2D eigenvalue weighted by molar-refractivity contribution is 7.91. The maximum atomic E-state index is 11.9. The van der Waals surface area contributed by atoms with E-state index in [-0.39, 0.29) is 10.7 Å². The number of hydrogen-bond donors (Lipinski definition) is 1. The van der Waals surface area contributed by atoms with Crippen molar-refractivity contribution in [2.75, 3.05) is 23.4 Å². The Morgan fingerprint density at radius 2 is 2.10 bits per heavy atom. The van der Waals surface area contributed by atoms with E-state index in [1.165, 1.54) is 4.68 Å². The first-order valence-corrected chi connectivity index (χ1v) is 8.04. The van der Waals surface area contributed by atoms with Crippen molar-refractivity contribution >= 4 is 21.5 Å². The van der Waals surface area contributed by atoms with Gasteiger partial charge in [0.15, 0.2) is 20.6 Å². The molecule has 0 bridgehead atoms. The standard InChI is InChI=1S/C11H16N6O2S/c1-15-10(12)9(20(2,18)19)11(14-15)17-6-5-16-4-3-13-8(16)7-17/h3-4H,5-7,12H2,1-2H3. The molecule has 0 radical (unpaired) electrons. The van der Waals surface area contributed by atoms with Crippen LogP contribution in [0.25, 0.3) is 0 Å². The zero-order valence-corrected chi connectivity index (χ0v) is 12.1. The lowest BCUT2D eigenvalue weighted by Crippen LogP contribution is -2.34. The molecule has 0 amide bonds. The summed E-state index contributed by atoms with van der Waals surface area (Å²) in [5.41, 5.74) is 5.84. The Kier molecular flexibility index (Phi) is 2.75. The van der Waals surface area contributed by atoms with Crippen molar-refractivity contribution in [1.29, 1.82) is 0 Å². The molecule has 20 heavy (non-hydrogen) atoms. The van der Waals surface area contributed by atoms with E-state index in [4.69, 9.17) is 5.73 Å². The second-order valence-corrected chi connectivity index (χ2v) is 6.84. The monoisotopic (exact) mass is 296 g/mol. The van der Waals surface area contributed by atoms with E-state index in [9.17, 15) is 8.42 Å². The average molecular weight is 296 g/mol. The molecular weight excluding hydrogens is 280 g/mol. The Hall–Kier alpha value is -2.03. The average Bonchev–Trinajstić information content (AvgIpc) is 2.93. The van der Waals surface area contributed by atoms with Crippen LogP contribution in [0.5, 0.6) is 0 Å². The molecule has 1 aliphatic rings. The van der Waals surface area contributed by atoms with Gasteiger partial charge in [-0.1, -0.05) is 0 Å². The van der Waals surface area contributed by atoms with Gasteiger partial charge in [-0.05, 0) is 0 Å². The van der Waals surface area contributed by atoms with Crippen molar-refractivity contribution in [3.05, 3.63) is 18.2 Å². The largest absolute Gasteiger partial charge is 0.383 e. The Morgan fingerprint density at radius 1 is 1.35 bits per heavy atom. The third-order valence-corrected chi connectivity index (χ3v) is 4.58. The highest BCUT2D eigenvalue weighted by Gasteiger charge is 2.29. The van der Waals surface area contributed by atoms with Crippen LogP contribution in [0.2, 0.25) is 0 Å². The van der Waals surface area contributed by atoms with Crippen molar-refractivity contribution in [3.8, 4) is 0 Å². The summed E-state index contributed by atoms with van der Waals surface area (Å²) in [5, 5.41) is 4.26. The van der Waals surface area contributed by atoms with E-state index in [0.29, 0.717) is 18.9 Å². The van der Waals surface area contributed by atoms with Gasteiger partial charge < -0.3 is 15.2 Å². The molecule has 1 aliphatic heterocycles. The summed E-state index contributed by atoms with van der Waals surface area (Å²) in [7, 11) is -1.80. The Morgan fingerprint density at radius 3 is 2.80 bits per heavy atom. The molecule has 2 N–H and O–H groups in total. The molecule has 8 nitrogen and oxygen atoms in total.